The SMILES string of the molecule is CCCCCN(C)CCOC(=O)C(C)(C)CC. The van der Waals surface area contributed by atoms with Crippen LogP contribution in [0.4, 0.5) is 0 Å². The zero-order chi connectivity index (χ0) is 13.3. The van der Waals surface area contributed by atoms with E-state index in [0.717, 1.165) is 19.5 Å². The van der Waals surface area contributed by atoms with Crippen molar-refractivity contribution in [1.82, 2.24) is 4.90 Å². The molecule has 17 heavy (non-hydrogen) atoms. The molecule has 0 aliphatic carbocycles. The van der Waals surface area contributed by atoms with E-state index in [1.165, 1.54) is 19.3 Å². The van der Waals surface area contributed by atoms with E-state index in [0.29, 0.717) is 6.61 Å². The highest BCUT2D eigenvalue weighted by atomic mass is 16.5. The van der Waals surface area contributed by atoms with Crippen LogP contribution in [0.15, 0.2) is 0 Å². The van der Waals surface area contributed by atoms with E-state index in [2.05, 4.69) is 18.9 Å². The van der Waals surface area contributed by atoms with Crippen LogP contribution >= 0.6 is 0 Å². The quantitative estimate of drug-likeness (QED) is 0.460. The lowest BCUT2D eigenvalue weighted by atomic mass is 9.91. The molecule has 0 aliphatic heterocycles. The van der Waals surface area contributed by atoms with Gasteiger partial charge in [0.1, 0.15) is 6.61 Å². The van der Waals surface area contributed by atoms with Crippen molar-refractivity contribution in [2.75, 3.05) is 26.7 Å². The fraction of sp³-hybridized carbons (Fsp3) is 0.929. The minimum absolute atomic E-state index is 0.0815. The third kappa shape index (κ3) is 7.37. The number of carbonyl (C=O) groups is 1. The first-order valence-corrected chi connectivity index (χ1v) is 6.79. The lowest BCUT2D eigenvalue weighted by Gasteiger charge is -2.22. The third-order valence-electron chi connectivity index (χ3n) is 3.29. The largest absolute Gasteiger partial charge is 0.464 e. The van der Waals surface area contributed by atoms with Gasteiger partial charge in [0.2, 0.25) is 0 Å². The van der Waals surface area contributed by atoms with Gasteiger partial charge in [-0.3, -0.25) is 4.79 Å². The van der Waals surface area contributed by atoms with Crippen LogP contribution in [0.2, 0.25) is 0 Å². The summed E-state index contributed by atoms with van der Waals surface area (Å²) in [7, 11) is 2.08. The van der Waals surface area contributed by atoms with Crippen LogP contribution in [0, 0.1) is 5.41 Å². The summed E-state index contributed by atoms with van der Waals surface area (Å²) in [5.74, 6) is -0.0815. The number of likely N-dealkylation sites (N-methyl/N-ethyl adjacent to an activating group) is 1. The average Bonchev–Trinajstić information content (AvgIpc) is 2.29. The number of hydrogen-bond acceptors (Lipinski definition) is 3. The Bertz CT molecular complexity index is 214. The predicted molar refractivity (Wildman–Crippen MR) is 72.1 cm³/mol. The predicted octanol–water partition coefficient (Wildman–Crippen LogP) is 3.09. The van der Waals surface area contributed by atoms with E-state index in [1.54, 1.807) is 0 Å². The molecule has 0 heterocycles. The van der Waals surface area contributed by atoms with Gasteiger partial charge in [-0.25, -0.2) is 0 Å². The average molecular weight is 243 g/mol. The third-order valence-corrected chi connectivity index (χ3v) is 3.29. The summed E-state index contributed by atoms with van der Waals surface area (Å²) < 4.78 is 5.29. The van der Waals surface area contributed by atoms with Crippen molar-refractivity contribution in [3.63, 3.8) is 0 Å². The summed E-state index contributed by atoms with van der Waals surface area (Å²) in [6, 6.07) is 0. The van der Waals surface area contributed by atoms with Gasteiger partial charge in [0.05, 0.1) is 5.41 Å². The summed E-state index contributed by atoms with van der Waals surface area (Å²) in [4.78, 5) is 13.9. The number of carbonyl (C=O) groups excluding carboxylic acids is 1. The Kier molecular flexibility index (Phi) is 8.23. The highest BCUT2D eigenvalue weighted by Crippen LogP contribution is 2.21. The molecule has 0 bridgehead atoms. The van der Waals surface area contributed by atoms with E-state index in [1.807, 2.05) is 20.8 Å². The Morgan fingerprint density at radius 2 is 1.82 bits per heavy atom. The second-order valence-electron chi connectivity index (χ2n) is 5.38. The van der Waals surface area contributed by atoms with Gasteiger partial charge in [-0.05, 0) is 40.3 Å². The molecule has 3 heteroatoms. The molecule has 0 aliphatic rings. The molecule has 0 unspecified atom stereocenters. The highest BCUT2D eigenvalue weighted by Gasteiger charge is 2.26. The van der Waals surface area contributed by atoms with Crippen LogP contribution in [0.1, 0.15) is 53.4 Å². The number of hydrogen-bond donors (Lipinski definition) is 0. The maximum absolute atomic E-state index is 11.7. The van der Waals surface area contributed by atoms with Gasteiger partial charge in [0, 0.05) is 6.54 Å². The van der Waals surface area contributed by atoms with Crippen molar-refractivity contribution in [2.24, 2.45) is 5.41 Å². The monoisotopic (exact) mass is 243 g/mol. The standard InChI is InChI=1S/C14H29NO2/c1-6-8-9-10-15(5)11-12-17-13(16)14(3,4)7-2/h6-12H2,1-5H3. The minimum atomic E-state index is -0.346. The van der Waals surface area contributed by atoms with E-state index in [4.69, 9.17) is 4.74 Å². The molecule has 0 rings (SSSR count). The molecular weight excluding hydrogens is 214 g/mol. The normalized spacial score (nSPS) is 11.9. The summed E-state index contributed by atoms with van der Waals surface area (Å²) in [6.07, 6.45) is 4.56. The van der Waals surface area contributed by atoms with E-state index < -0.39 is 0 Å². The molecule has 0 aromatic rings. The van der Waals surface area contributed by atoms with Gasteiger partial charge >= 0.3 is 5.97 Å². The Hall–Kier alpha value is -0.570. The molecule has 0 fully saturated rings. The number of ether oxygens (including phenoxy) is 1. The molecule has 0 aromatic carbocycles. The molecule has 0 radical (unpaired) electrons. The molecule has 0 aromatic heterocycles. The molecule has 102 valence electrons. The van der Waals surface area contributed by atoms with Crippen molar-refractivity contribution in [1.29, 1.82) is 0 Å². The van der Waals surface area contributed by atoms with Crippen molar-refractivity contribution < 1.29 is 9.53 Å². The zero-order valence-corrected chi connectivity index (χ0v) is 12.2. The van der Waals surface area contributed by atoms with Crippen molar-refractivity contribution >= 4 is 5.97 Å². The number of rotatable bonds is 9. The van der Waals surface area contributed by atoms with Crippen molar-refractivity contribution in [3.8, 4) is 0 Å². The van der Waals surface area contributed by atoms with Crippen LogP contribution < -0.4 is 0 Å². The van der Waals surface area contributed by atoms with Gasteiger partial charge < -0.3 is 9.64 Å². The van der Waals surface area contributed by atoms with Crippen LogP contribution in [-0.2, 0) is 9.53 Å². The second-order valence-corrected chi connectivity index (χ2v) is 5.38. The Labute approximate surface area is 107 Å². The van der Waals surface area contributed by atoms with Crippen molar-refractivity contribution in [3.05, 3.63) is 0 Å². The van der Waals surface area contributed by atoms with E-state index in [-0.39, 0.29) is 11.4 Å². The maximum atomic E-state index is 11.7. The second kappa shape index (κ2) is 8.51. The first-order chi connectivity index (χ1) is 7.94. The van der Waals surface area contributed by atoms with Gasteiger partial charge in [0.25, 0.3) is 0 Å². The van der Waals surface area contributed by atoms with Crippen LogP contribution in [0.25, 0.3) is 0 Å². The molecule has 3 nitrogen and oxygen atoms in total. The lowest BCUT2D eigenvalue weighted by molar-refractivity contribution is -0.154. The van der Waals surface area contributed by atoms with Gasteiger partial charge in [0.15, 0.2) is 0 Å². The first-order valence-electron chi connectivity index (χ1n) is 6.79. The molecular formula is C14H29NO2. The molecule has 0 N–H and O–H groups in total. The Morgan fingerprint density at radius 3 is 2.35 bits per heavy atom. The first kappa shape index (κ1) is 16.4. The minimum Gasteiger partial charge on any atom is -0.464 e. The molecule has 0 spiro atoms. The number of esters is 1. The summed E-state index contributed by atoms with van der Waals surface area (Å²) in [6.45, 7) is 10.5. The molecule has 0 saturated carbocycles. The Balaban J connectivity index is 3.66. The van der Waals surface area contributed by atoms with Gasteiger partial charge in [-0.1, -0.05) is 26.7 Å². The zero-order valence-electron chi connectivity index (χ0n) is 12.2. The Morgan fingerprint density at radius 1 is 1.18 bits per heavy atom. The maximum Gasteiger partial charge on any atom is 0.311 e. The van der Waals surface area contributed by atoms with Crippen LogP contribution in [-0.4, -0.2) is 37.6 Å². The molecule has 0 saturated heterocycles. The fourth-order valence-electron chi connectivity index (χ4n) is 1.38. The fourth-order valence-corrected chi connectivity index (χ4v) is 1.38. The van der Waals surface area contributed by atoms with Gasteiger partial charge in [-0.2, -0.15) is 0 Å². The van der Waals surface area contributed by atoms with E-state index >= 15 is 0 Å². The van der Waals surface area contributed by atoms with Crippen LogP contribution in [0.3, 0.4) is 0 Å². The number of nitrogens with zero attached hydrogens (tertiary/aromatic N) is 1. The topological polar surface area (TPSA) is 29.5 Å². The summed E-state index contributed by atoms with van der Waals surface area (Å²) >= 11 is 0. The molecule has 0 atom stereocenters. The summed E-state index contributed by atoms with van der Waals surface area (Å²) in [5.41, 5.74) is -0.346. The van der Waals surface area contributed by atoms with Crippen molar-refractivity contribution in [2.45, 2.75) is 53.4 Å². The highest BCUT2D eigenvalue weighted by molar-refractivity contribution is 5.75. The number of unbranched alkanes of at least 4 members (excludes halogenated alkanes) is 2. The van der Waals surface area contributed by atoms with Crippen LogP contribution in [0.5, 0.6) is 0 Å². The van der Waals surface area contributed by atoms with E-state index in [9.17, 15) is 4.79 Å². The lowest BCUT2D eigenvalue weighted by Crippen LogP contribution is -2.30. The van der Waals surface area contributed by atoms with Gasteiger partial charge in [-0.15, -0.1) is 0 Å². The molecule has 0 amide bonds. The summed E-state index contributed by atoms with van der Waals surface area (Å²) in [5, 5.41) is 0. The smallest absolute Gasteiger partial charge is 0.311 e.